The molecule has 2 heterocycles. The van der Waals surface area contributed by atoms with Crippen molar-refractivity contribution in [2.24, 2.45) is 0 Å². The number of carboxylic acid groups (broad SMARTS) is 1. The molecule has 0 aliphatic carbocycles. The summed E-state index contributed by atoms with van der Waals surface area (Å²) in [6.45, 7) is 10.7. The summed E-state index contributed by atoms with van der Waals surface area (Å²) in [5.41, 5.74) is 3.40. The van der Waals surface area contributed by atoms with Crippen LogP contribution >= 0.6 is 0 Å². The third kappa shape index (κ3) is 6.50. The van der Waals surface area contributed by atoms with E-state index in [4.69, 9.17) is 14.4 Å². The van der Waals surface area contributed by atoms with Crippen molar-refractivity contribution in [1.82, 2.24) is 20.0 Å². The lowest BCUT2D eigenvalue weighted by Crippen LogP contribution is -2.30. The van der Waals surface area contributed by atoms with Gasteiger partial charge in [-0.25, -0.2) is 4.79 Å². The van der Waals surface area contributed by atoms with Crippen LogP contribution in [-0.4, -0.2) is 49.7 Å². The average molecular weight is 466 g/mol. The number of fused-ring (bicyclic) bond motifs is 1. The maximum Gasteiger partial charge on any atom is 0.490 e. The van der Waals surface area contributed by atoms with E-state index in [-0.39, 0.29) is 11.8 Å². The van der Waals surface area contributed by atoms with Crippen molar-refractivity contribution < 1.29 is 32.4 Å². The number of carboxylic acids is 1. The second kappa shape index (κ2) is 10.4. The second-order valence-corrected chi connectivity index (χ2v) is 7.61. The Labute approximate surface area is 188 Å². The first kappa shape index (κ1) is 25.8. The number of para-hydroxylation sites is 1. The number of amides is 1. The van der Waals surface area contributed by atoms with Crippen molar-refractivity contribution in [2.45, 2.75) is 53.3 Å². The lowest BCUT2D eigenvalue weighted by molar-refractivity contribution is -0.192. The fourth-order valence-electron chi connectivity index (χ4n) is 2.92. The SMILES string of the molecule is CCN(Cc1nc(C(C)C)no1)C(=O)c1cc(C)nc2c(C)cccc12.O=C(O)C(F)(F)F. The Morgan fingerprint density at radius 3 is 2.33 bits per heavy atom. The van der Waals surface area contributed by atoms with Crippen molar-refractivity contribution in [3.8, 4) is 0 Å². The zero-order valence-corrected chi connectivity index (χ0v) is 18.9. The normalized spacial score (nSPS) is 11.3. The molecule has 0 bridgehead atoms. The molecule has 0 atom stereocenters. The standard InChI is InChI=1S/C20H24N4O2.C2HF3O2/c1-6-24(11-17-22-19(12(2)3)23-26-17)20(25)16-10-14(5)21-18-13(4)8-7-9-15(16)18;3-2(4,5)1(6)7/h7-10,12H,6,11H2,1-5H3;(H,6,7). The van der Waals surface area contributed by atoms with Crippen molar-refractivity contribution in [2.75, 3.05) is 6.54 Å². The molecule has 1 amide bonds. The number of carbonyl (C=O) groups is 2. The van der Waals surface area contributed by atoms with Crippen molar-refractivity contribution in [1.29, 1.82) is 0 Å². The Hall–Kier alpha value is -3.50. The number of aryl methyl sites for hydroxylation is 2. The van der Waals surface area contributed by atoms with Crippen LogP contribution < -0.4 is 0 Å². The van der Waals surface area contributed by atoms with E-state index < -0.39 is 12.1 Å². The molecule has 11 heteroatoms. The maximum absolute atomic E-state index is 13.2. The zero-order chi connectivity index (χ0) is 24.9. The Morgan fingerprint density at radius 1 is 1.18 bits per heavy atom. The van der Waals surface area contributed by atoms with Gasteiger partial charge in [0.15, 0.2) is 5.82 Å². The lowest BCUT2D eigenvalue weighted by Gasteiger charge is -2.20. The van der Waals surface area contributed by atoms with Crippen LogP contribution in [0.2, 0.25) is 0 Å². The minimum Gasteiger partial charge on any atom is -0.475 e. The molecule has 8 nitrogen and oxygen atoms in total. The number of benzene rings is 1. The van der Waals surface area contributed by atoms with Gasteiger partial charge in [0.25, 0.3) is 5.91 Å². The van der Waals surface area contributed by atoms with Crippen LogP contribution in [0.3, 0.4) is 0 Å². The topological polar surface area (TPSA) is 109 Å². The predicted octanol–water partition coefficient (Wildman–Crippen LogP) is 4.65. The van der Waals surface area contributed by atoms with Gasteiger partial charge in [0.2, 0.25) is 5.89 Å². The largest absolute Gasteiger partial charge is 0.490 e. The fraction of sp³-hybridized carbons (Fsp3) is 0.409. The molecule has 0 spiro atoms. The summed E-state index contributed by atoms with van der Waals surface area (Å²) in [7, 11) is 0. The van der Waals surface area contributed by atoms with E-state index in [1.54, 1.807) is 4.90 Å². The Bertz CT molecular complexity index is 1140. The van der Waals surface area contributed by atoms with E-state index in [9.17, 15) is 18.0 Å². The summed E-state index contributed by atoms with van der Waals surface area (Å²) >= 11 is 0. The van der Waals surface area contributed by atoms with E-state index in [0.717, 1.165) is 22.2 Å². The minimum atomic E-state index is -5.08. The number of pyridine rings is 1. The molecule has 3 aromatic rings. The van der Waals surface area contributed by atoms with Crippen LogP contribution in [0.4, 0.5) is 13.2 Å². The third-order valence-electron chi connectivity index (χ3n) is 4.64. The van der Waals surface area contributed by atoms with Gasteiger partial charge in [-0.3, -0.25) is 9.78 Å². The van der Waals surface area contributed by atoms with Gasteiger partial charge in [-0.1, -0.05) is 37.2 Å². The minimum absolute atomic E-state index is 0.0575. The van der Waals surface area contributed by atoms with E-state index in [0.29, 0.717) is 30.4 Å². The van der Waals surface area contributed by atoms with Crippen LogP contribution in [-0.2, 0) is 11.3 Å². The Kier molecular flexibility index (Phi) is 8.13. The molecule has 1 aromatic carbocycles. The number of rotatable bonds is 5. The molecule has 2 aromatic heterocycles. The molecular formula is C22H25F3N4O4. The van der Waals surface area contributed by atoms with Crippen LogP contribution in [0.5, 0.6) is 0 Å². The first-order valence-corrected chi connectivity index (χ1v) is 10.1. The van der Waals surface area contributed by atoms with Gasteiger partial charge in [0.05, 0.1) is 11.1 Å². The molecule has 0 unspecified atom stereocenters. The quantitative estimate of drug-likeness (QED) is 0.583. The summed E-state index contributed by atoms with van der Waals surface area (Å²) < 4.78 is 37.0. The number of alkyl halides is 3. The smallest absolute Gasteiger partial charge is 0.475 e. The molecule has 0 radical (unpaired) electrons. The van der Waals surface area contributed by atoms with Gasteiger partial charge in [-0.05, 0) is 32.4 Å². The van der Waals surface area contributed by atoms with E-state index >= 15 is 0 Å². The average Bonchev–Trinajstić information content (AvgIpc) is 3.20. The summed E-state index contributed by atoms with van der Waals surface area (Å²) in [4.78, 5) is 32.8. The lowest BCUT2D eigenvalue weighted by atomic mass is 10.0. The van der Waals surface area contributed by atoms with E-state index in [2.05, 4.69) is 15.1 Å². The number of hydrogen-bond donors (Lipinski definition) is 1. The first-order chi connectivity index (χ1) is 15.3. The monoisotopic (exact) mass is 466 g/mol. The number of halogens is 3. The molecule has 0 fully saturated rings. The second-order valence-electron chi connectivity index (χ2n) is 7.61. The Morgan fingerprint density at radius 2 is 1.82 bits per heavy atom. The molecule has 0 saturated carbocycles. The van der Waals surface area contributed by atoms with Gasteiger partial charge in [0, 0.05) is 23.5 Å². The van der Waals surface area contributed by atoms with Crippen LogP contribution in [0.25, 0.3) is 10.9 Å². The summed E-state index contributed by atoms with van der Waals surface area (Å²) in [5, 5.41) is 12.0. The van der Waals surface area contributed by atoms with Gasteiger partial charge in [-0.2, -0.15) is 18.2 Å². The van der Waals surface area contributed by atoms with Gasteiger partial charge >= 0.3 is 12.1 Å². The molecule has 1 N–H and O–H groups in total. The highest BCUT2D eigenvalue weighted by molar-refractivity contribution is 6.06. The van der Waals surface area contributed by atoms with Gasteiger partial charge in [0.1, 0.15) is 6.54 Å². The van der Waals surface area contributed by atoms with Crippen molar-refractivity contribution in [3.05, 3.63) is 52.8 Å². The number of aromatic nitrogens is 3. The molecule has 0 saturated heterocycles. The summed E-state index contributed by atoms with van der Waals surface area (Å²) in [6, 6.07) is 7.75. The Balaban J connectivity index is 0.000000479. The molecule has 33 heavy (non-hydrogen) atoms. The maximum atomic E-state index is 13.2. The molecule has 3 rings (SSSR count). The highest BCUT2D eigenvalue weighted by atomic mass is 19.4. The predicted molar refractivity (Wildman–Crippen MR) is 114 cm³/mol. The number of carbonyl (C=O) groups excluding carboxylic acids is 1. The van der Waals surface area contributed by atoms with Crippen molar-refractivity contribution in [3.63, 3.8) is 0 Å². The molecule has 0 aliphatic heterocycles. The summed E-state index contributed by atoms with van der Waals surface area (Å²) in [5.74, 6) is -1.52. The first-order valence-electron chi connectivity index (χ1n) is 10.1. The molecular weight excluding hydrogens is 441 g/mol. The number of aliphatic carboxylic acids is 1. The zero-order valence-electron chi connectivity index (χ0n) is 18.9. The van der Waals surface area contributed by atoms with Crippen LogP contribution in [0.15, 0.2) is 28.8 Å². The van der Waals surface area contributed by atoms with Crippen molar-refractivity contribution >= 4 is 22.8 Å². The van der Waals surface area contributed by atoms with E-state index in [1.165, 1.54) is 0 Å². The molecule has 0 aliphatic rings. The summed E-state index contributed by atoms with van der Waals surface area (Å²) in [6.07, 6.45) is -5.08. The fourth-order valence-corrected chi connectivity index (χ4v) is 2.92. The third-order valence-corrected chi connectivity index (χ3v) is 4.64. The van der Waals surface area contributed by atoms with Gasteiger partial charge < -0.3 is 14.5 Å². The highest BCUT2D eigenvalue weighted by Crippen LogP contribution is 2.23. The van der Waals surface area contributed by atoms with Gasteiger partial charge in [-0.15, -0.1) is 0 Å². The highest BCUT2D eigenvalue weighted by Gasteiger charge is 2.38. The van der Waals surface area contributed by atoms with Crippen LogP contribution in [0.1, 0.15) is 60.0 Å². The number of hydrogen-bond acceptors (Lipinski definition) is 6. The number of nitrogens with zero attached hydrogens (tertiary/aromatic N) is 4. The van der Waals surface area contributed by atoms with Crippen LogP contribution in [0, 0.1) is 13.8 Å². The molecule has 178 valence electrons. The van der Waals surface area contributed by atoms with E-state index in [1.807, 2.05) is 58.9 Å².